The summed E-state index contributed by atoms with van der Waals surface area (Å²) < 4.78 is 6.17. The maximum absolute atomic E-state index is 11.5. The minimum atomic E-state index is 0.0424. The van der Waals surface area contributed by atoms with Crippen molar-refractivity contribution in [3.05, 3.63) is 35.9 Å². The molecule has 0 spiro atoms. The number of fused-ring (bicyclic) bond motifs is 3. The molecule has 2 bridgehead atoms. The van der Waals surface area contributed by atoms with Crippen molar-refractivity contribution in [1.29, 1.82) is 0 Å². The largest absolute Gasteiger partial charge is 0.473 e. The van der Waals surface area contributed by atoms with E-state index in [0.717, 1.165) is 42.0 Å². The highest BCUT2D eigenvalue weighted by atomic mass is 16.5. The highest BCUT2D eigenvalue weighted by Crippen LogP contribution is 2.31. The summed E-state index contributed by atoms with van der Waals surface area (Å²) in [5.74, 6) is 1.26. The number of anilines is 1. The number of hydrogen-bond donors (Lipinski definition) is 1. The van der Waals surface area contributed by atoms with Gasteiger partial charge in [-0.2, -0.15) is 0 Å². The third kappa shape index (κ3) is 2.94. The first kappa shape index (κ1) is 15.8. The van der Waals surface area contributed by atoms with Crippen LogP contribution >= 0.6 is 0 Å². The van der Waals surface area contributed by atoms with E-state index in [2.05, 4.69) is 20.4 Å². The van der Waals surface area contributed by atoms with Crippen molar-refractivity contribution in [2.75, 3.05) is 25.0 Å². The molecule has 1 aromatic carbocycles. The monoisotopic (exact) mass is 350 g/mol. The normalized spacial score (nSPS) is 26.9. The summed E-state index contributed by atoms with van der Waals surface area (Å²) in [5.41, 5.74) is 3.68. The van der Waals surface area contributed by atoms with Gasteiger partial charge < -0.3 is 15.0 Å². The number of nitrogens with one attached hydrogen (secondary N) is 1. The van der Waals surface area contributed by atoms with Gasteiger partial charge in [0.1, 0.15) is 6.10 Å². The van der Waals surface area contributed by atoms with Gasteiger partial charge in [-0.05, 0) is 49.6 Å². The second kappa shape index (κ2) is 6.36. The average Bonchev–Trinajstić information content (AvgIpc) is 3.04. The van der Waals surface area contributed by atoms with Crippen molar-refractivity contribution < 1.29 is 9.53 Å². The van der Waals surface area contributed by atoms with E-state index in [1.54, 1.807) is 0 Å². The summed E-state index contributed by atoms with van der Waals surface area (Å²) in [4.78, 5) is 14.0. The summed E-state index contributed by atoms with van der Waals surface area (Å²) in [7, 11) is 0. The van der Waals surface area contributed by atoms with Gasteiger partial charge in [0.2, 0.25) is 11.8 Å². The van der Waals surface area contributed by atoms with Crippen LogP contribution in [-0.4, -0.2) is 46.7 Å². The van der Waals surface area contributed by atoms with Crippen molar-refractivity contribution in [3.8, 4) is 17.1 Å². The van der Waals surface area contributed by atoms with Crippen LogP contribution in [0.5, 0.6) is 5.88 Å². The molecule has 0 radical (unpaired) electrons. The molecule has 4 heterocycles. The number of piperidine rings is 2. The Kier molecular flexibility index (Phi) is 3.85. The molecule has 0 saturated carbocycles. The van der Waals surface area contributed by atoms with E-state index >= 15 is 0 Å². The van der Waals surface area contributed by atoms with Crippen LogP contribution in [0.4, 0.5) is 5.69 Å². The number of rotatable bonds is 3. The molecule has 134 valence electrons. The summed E-state index contributed by atoms with van der Waals surface area (Å²) in [6.07, 6.45) is 4.26. The summed E-state index contributed by atoms with van der Waals surface area (Å²) >= 11 is 0. The van der Waals surface area contributed by atoms with Crippen LogP contribution in [0.2, 0.25) is 0 Å². The molecule has 3 aliphatic heterocycles. The molecular weight excluding hydrogens is 328 g/mol. The Morgan fingerprint density at radius 1 is 1.12 bits per heavy atom. The van der Waals surface area contributed by atoms with Gasteiger partial charge in [-0.25, -0.2) is 0 Å². The summed E-state index contributed by atoms with van der Waals surface area (Å²) in [6.45, 7) is 3.51. The minimum absolute atomic E-state index is 0.0424. The number of aromatic nitrogens is 2. The molecule has 2 saturated heterocycles. The molecule has 0 aliphatic carbocycles. The van der Waals surface area contributed by atoms with Gasteiger partial charge in [-0.1, -0.05) is 6.07 Å². The van der Waals surface area contributed by atoms with Crippen molar-refractivity contribution in [3.63, 3.8) is 0 Å². The number of carbonyl (C=O) groups is 1. The molecule has 6 nitrogen and oxygen atoms in total. The molecule has 3 atom stereocenters. The summed E-state index contributed by atoms with van der Waals surface area (Å²) in [6, 6.07) is 9.76. The Hall–Kier alpha value is -2.47. The second-order valence-corrected chi connectivity index (χ2v) is 7.50. The molecule has 26 heavy (non-hydrogen) atoms. The second-order valence-electron chi connectivity index (χ2n) is 7.50. The zero-order valence-electron chi connectivity index (χ0n) is 14.6. The number of ether oxygens (including phenoxy) is 1. The van der Waals surface area contributed by atoms with Gasteiger partial charge in [-0.15, -0.1) is 10.2 Å². The molecule has 2 fully saturated rings. The Bertz CT molecular complexity index is 836. The lowest BCUT2D eigenvalue weighted by atomic mass is 9.87. The Morgan fingerprint density at radius 2 is 2.08 bits per heavy atom. The van der Waals surface area contributed by atoms with Crippen molar-refractivity contribution >= 4 is 11.6 Å². The smallest absolute Gasteiger partial charge is 0.233 e. The molecule has 1 N–H and O–H groups in total. The number of amides is 1. The van der Waals surface area contributed by atoms with Crippen molar-refractivity contribution in [1.82, 2.24) is 15.1 Å². The van der Waals surface area contributed by atoms with Gasteiger partial charge in [0, 0.05) is 36.3 Å². The zero-order valence-corrected chi connectivity index (χ0v) is 14.6. The van der Waals surface area contributed by atoms with Crippen LogP contribution in [0.3, 0.4) is 0 Å². The molecular formula is C20H22N4O2. The average molecular weight is 350 g/mol. The number of benzene rings is 1. The van der Waals surface area contributed by atoms with E-state index in [0.29, 0.717) is 18.2 Å². The van der Waals surface area contributed by atoms with Crippen LogP contribution in [0, 0.1) is 5.92 Å². The van der Waals surface area contributed by atoms with Gasteiger partial charge in [0.05, 0.1) is 12.1 Å². The SMILES string of the molecule is O=C1Cc2cc(-c3ccc(OC4CCN5CCC[C@@H]4C5)nn3)ccc2N1. The Balaban J connectivity index is 1.30. The van der Waals surface area contributed by atoms with E-state index in [-0.39, 0.29) is 12.0 Å². The predicted molar refractivity (Wildman–Crippen MR) is 98.0 cm³/mol. The first-order valence-corrected chi connectivity index (χ1v) is 9.40. The number of nitrogens with zero attached hydrogens (tertiary/aromatic N) is 3. The molecule has 1 aromatic heterocycles. The number of hydrogen-bond acceptors (Lipinski definition) is 5. The van der Waals surface area contributed by atoms with E-state index in [1.807, 2.05) is 30.3 Å². The molecule has 6 heteroatoms. The van der Waals surface area contributed by atoms with Gasteiger partial charge in [-0.3, -0.25) is 4.79 Å². The van der Waals surface area contributed by atoms with Crippen LogP contribution in [0.15, 0.2) is 30.3 Å². The summed E-state index contributed by atoms with van der Waals surface area (Å²) in [5, 5.41) is 11.5. The van der Waals surface area contributed by atoms with Gasteiger partial charge in [0.15, 0.2) is 0 Å². The quantitative estimate of drug-likeness (QED) is 0.921. The lowest BCUT2D eigenvalue weighted by Gasteiger charge is -2.42. The fourth-order valence-corrected chi connectivity index (χ4v) is 4.38. The van der Waals surface area contributed by atoms with Gasteiger partial charge >= 0.3 is 0 Å². The Morgan fingerprint density at radius 3 is 2.96 bits per heavy atom. The van der Waals surface area contributed by atoms with Crippen molar-refractivity contribution in [2.45, 2.75) is 31.8 Å². The lowest BCUT2D eigenvalue weighted by Crippen LogP contribution is -2.49. The molecule has 2 unspecified atom stereocenters. The van der Waals surface area contributed by atoms with Crippen LogP contribution in [-0.2, 0) is 11.2 Å². The molecule has 2 aromatic rings. The fraction of sp³-hybridized carbons (Fsp3) is 0.450. The lowest BCUT2D eigenvalue weighted by molar-refractivity contribution is -0.115. The van der Waals surface area contributed by atoms with E-state index < -0.39 is 0 Å². The standard InChI is InChI=1S/C20H22N4O2/c25-19-11-15-10-13(3-4-16(15)21-19)17-5-6-20(23-22-17)26-18-7-9-24-8-1-2-14(18)12-24/h3-6,10,14,18H,1-2,7-9,11-12H2,(H,21,25)/t14-,18?/m1/s1. The highest BCUT2D eigenvalue weighted by molar-refractivity contribution is 5.99. The maximum Gasteiger partial charge on any atom is 0.233 e. The van der Waals surface area contributed by atoms with Crippen molar-refractivity contribution in [2.24, 2.45) is 5.92 Å². The predicted octanol–water partition coefficient (Wildman–Crippen LogP) is 2.50. The maximum atomic E-state index is 11.5. The first-order valence-electron chi connectivity index (χ1n) is 9.40. The van der Waals surface area contributed by atoms with Crippen LogP contribution in [0.25, 0.3) is 11.3 Å². The third-order valence-corrected chi connectivity index (χ3v) is 5.74. The fourth-order valence-electron chi connectivity index (χ4n) is 4.38. The van der Waals surface area contributed by atoms with E-state index in [4.69, 9.17) is 4.74 Å². The van der Waals surface area contributed by atoms with Gasteiger partial charge in [0.25, 0.3) is 0 Å². The minimum Gasteiger partial charge on any atom is -0.473 e. The highest BCUT2D eigenvalue weighted by Gasteiger charge is 2.33. The molecule has 1 amide bonds. The van der Waals surface area contributed by atoms with E-state index in [1.165, 1.54) is 19.4 Å². The molecule has 5 rings (SSSR count). The number of carbonyl (C=O) groups excluding carboxylic acids is 1. The Labute approximate surface area is 152 Å². The van der Waals surface area contributed by atoms with Crippen LogP contribution in [0.1, 0.15) is 24.8 Å². The van der Waals surface area contributed by atoms with E-state index in [9.17, 15) is 4.79 Å². The molecule has 3 aliphatic rings. The van der Waals surface area contributed by atoms with Crippen LogP contribution < -0.4 is 10.1 Å². The first-order chi connectivity index (χ1) is 12.7. The zero-order chi connectivity index (χ0) is 17.5. The third-order valence-electron chi connectivity index (χ3n) is 5.74. The topological polar surface area (TPSA) is 67.3 Å².